The van der Waals surface area contributed by atoms with Crippen molar-refractivity contribution < 1.29 is 4.74 Å². The van der Waals surface area contributed by atoms with Crippen molar-refractivity contribution in [1.29, 1.82) is 0 Å². The molecule has 0 fully saturated rings. The van der Waals surface area contributed by atoms with E-state index in [0.717, 1.165) is 36.5 Å². The van der Waals surface area contributed by atoms with Crippen LogP contribution in [0.4, 0.5) is 5.95 Å². The number of hydrogen-bond acceptors (Lipinski definition) is 5. The lowest BCUT2D eigenvalue weighted by Crippen LogP contribution is -2.16. The third-order valence-corrected chi connectivity index (χ3v) is 4.23. The predicted octanol–water partition coefficient (Wildman–Crippen LogP) is 4.31. The van der Waals surface area contributed by atoms with E-state index in [2.05, 4.69) is 32.7 Å². The predicted molar refractivity (Wildman–Crippen MR) is 110 cm³/mol. The second-order valence-electron chi connectivity index (χ2n) is 6.23. The second kappa shape index (κ2) is 9.69. The lowest BCUT2D eigenvalue weighted by atomic mass is 10.1. The van der Waals surface area contributed by atoms with Crippen LogP contribution in [-0.2, 0) is 0 Å². The van der Waals surface area contributed by atoms with Crippen molar-refractivity contribution in [1.82, 2.24) is 15.3 Å². The molecule has 0 unspecified atom stereocenters. The van der Waals surface area contributed by atoms with E-state index in [1.807, 2.05) is 62.5 Å². The molecular formula is C22H26N4O. The van der Waals surface area contributed by atoms with Crippen LogP contribution >= 0.6 is 0 Å². The molecule has 0 bridgehead atoms. The van der Waals surface area contributed by atoms with E-state index in [4.69, 9.17) is 4.74 Å². The number of rotatable bonds is 9. The van der Waals surface area contributed by atoms with Gasteiger partial charge in [-0.05, 0) is 44.3 Å². The normalized spacial score (nSPS) is 11.8. The van der Waals surface area contributed by atoms with Crippen molar-refractivity contribution >= 4 is 5.95 Å². The first-order valence-electron chi connectivity index (χ1n) is 9.33. The topological polar surface area (TPSA) is 59.1 Å². The number of benzene rings is 2. The molecule has 0 radical (unpaired) electrons. The number of nitrogens with zero attached hydrogens (tertiary/aromatic N) is 2. The molecule has 0 saturated heterocycles. The maximum atomic E-state index is 6.34. The molecule has 0 aliphatic rings. The van der Waals surface area contributed by atoms with Gasteiger partial charge in [-0.1, -0.05) is 42.5 Å². The highest BCUT2D eigenvalue weighted by molar-refractivity contribution is 5.62. The minimum absolute atomic E-state index is 0.00313. The highest BCUT2D eigenvalue weighted by atomic mass is 16.5. The van der Waals surface area contributed by atoms with Crippen LogP contribution in [0.2, 0.25) is 0 Å². The maximum Gasteiger partial charge on any atom is 0.223 e. The Morgan fingerprint density at radius 2 is 1.89 bits per heavy atom. The molecule has 1 atom stereocenters. The fourth-order valence-electron chi connectivity index (χ4n) is 2.89. The van der Waals surface area contributed by atoms with Crippen LogP contribution in [-0.4, -0.2) is 30.1 Å². The van der Waals surface area contributed by atoms with E-state index in [-0.39, 0.29) is 6.10 Å². The van der Waals surface area contributed by atoms with Crippen molar-refractivity contribution in [2.45, 2.75) is 19.4 Å². The fourth-order valence-corrected chi connectivity index (χ4v) is 2.89. The third-order valence-electron chi connectivity index (χ3n) is 4.23. The van der Waals surface area contributed by atoms with Crippen molar-refractivity contribution in [2.24, 2.45) is 0 Å². The molecule has 2 aromatic carbocycles. The summed E-state index contributed by atoms with van der Waals surface area (Å²) in [5.41, 5.74) is 3.06. The van der Waals surface area contributed by atoms with Gasteiger partial charge in [0.15, 0.2) is 0 Å². The number of hydrogen-bond donors (Lipinski definition) is 2. The van der Waals surface area contributed by atoms with E-state index in [0.29, 0.717) is 5.95 Å². The lowest BCUT2D eigenvalue weighted by molar-refractivity contribution is 0.195. The Hall–Kier alpha value is -2.92. The van der Waals surface area contributed by atoms with Crippen LogP contribution in [0.5, 0.6) is 5.75 Å². The lowest BCUT2D eigenvalue weighted by Gasteiger charge is -2.20. The molecule has 2 N–H and O–H groups in total. The Bertz CT molecular complexity index is 838. The zero-order chi connectivity index (χ0) is 18.9. The molecule has 140 valence electrons. The molecule has 0 saturated carbocycles. The van der Waals surface area contributed by atoms with Crippen molar-refractivity contribution in [3.8, 4) is 17.0 Å². The van der Waals surface area contributed by atoms with Crippen LogP contribution in [0.1, 0.15) is 25.0 Å². The van der Waals surface area contributed by atoms with Crippen molar-refractivity contribution in [2.75, 3.05) is 25.5 Å². The number of ether oxygens (including phenoxy) is 1. The summed E-state index contributed by atoms with van der Waals surface area (Å²) in [4.78, 5) is 8.81. The van der Waals surface area contributed by atoms with Crippen molar-refractivity contribution in [3.63, 3.8) is 0 Å². The number of anilines is 1. The zero-order valence-electron chi connectivity index (χ0n) is 15.9. The third kappa shape index (κ3) is 5.28. The molecule has 27 heavy (non-hydrogen) atoms. The van der Waals surface area contributed by atoms with Crippen molar-refractivity contribution in [3.05, 3.63) is 72.4 Å². The van der Waals surface area contributed by atoms with Gasteiger partial charge < -0.3 is 15.4 Å². The maximum absolute atomic E-state index is 6.34. The summed E-state index contributed by atoms with van der Waals surface area (Å²) in [5.74, 6) is 1.47. The molecule has 0 amide bonds. The van der Waals surface area contributed by atoms with E-state index < -0.39 is 0 Å². The molecule has 1 heterocycles. The quantitative estimate of drug-likeness (QED) is 0.594. The molecule has 5 heteroatoms. The second-order valence-corrected chi connectivity index (χ2v) is 6.23. The van der Waals surface area contributed by atoms with E-state index in [1.165, 1.54) is 5.56 Å². The largest absolute Gasteiger partial charge is 0.486 e. The Morgan fingerprint density at radius 3 is 2.67 bits per heavy atom. The summed E-state index contributed by atoms with van der Waals surface area (Å²) in [6, 6.07) is 20.3. The Balaban J connectivity index is 1.82. The molecule has 0 aliphatic heterocycles. The monoisotopic (exact) mass is 362 g/mol. The molecule has 1 aromatic heterocycles. The van der Waals surface area contributed by atoms with Gasteiger partial charge in [0.1, 0.15) is 11.9 Å². The standard InChI is InChI=1S/C22H26N4O/c1-3-24-22-25-15-12-20(26-22)18-10-7-11-19(16-18)27-21(13-14-23-2)17-8-5-4-6-9-17/h4-12,15-16,21,23H,3,13-14H2,1-2H3,(H,24,25,26)/t21-/m0/s1. The van der Waals surface area contributed by atoms with Gasteiger partial charge >= 0.3 is 0 Å². The van der Waals surface area contributed by atoms with Gasteiger partial charge in [0.2, 0.25) is 5.95 Å². The van der Waals surface area contributed by atoms with Crippen LogP contribution in [0.25, 0.3) is 11.3 Å². The minimum atomic E-state index is -0.00313. The van der Waals surface area contributed by atoms with Crippen LogP contribution in [0.15, 0.2) is 66.9 Å². The molecule has 0 aliphatic carbocycles. The van der Waals surface area contributed by atoms with Gasteiger partial charge in [-0.3, -0.25) is 0 Å². The first kappa shape index (κ1) is 18.9. The molecular weight excluding hydrogens is 336 g/mol. The minimum Gasteiger partial charge on any atom is -0.486 e. The highest BCUT2D eigenvalue weighted by Crippen LogP contribution is 2.28. The van der Waals surface area contributed by atoms with Gasteiger partial charge in [0.05, 0.1) is 5.69 Å². The average Bonchev–Trinajstić information content (AvgIpc) is 2.72. The highest BCUT2D eigenvalue weighted by Gasteiger charge is 2.13. The number of aromatic nitrogens is 2. The Morgan fingerprint density at radius 1 is 1.04 bits per heavy atom. The van der Waals surface area contributed by atoms with Gasteiger partial charge in [-0.15, -0.1) is 0 Å². The smallest absolute Gasteiger partial charge is 0.223 e. The SMILES string of the molecule is CCNc1nccc(-c2cccc(O[C@@H](CCNC)c3ccccc3)c2)n1. The van der Waals surface area contributed by atoms with Crippen LogP contribution in [0.3, 0.4) is 0 Å². The first-order chi connectivity index (χ1) is 13.3. The summed E-state index contributed by atoms with van der Waals surface area (Å²) >= 11 is 0. The molecule has 3 aromatic rings. The fraction of sp³-hybridized carbons (Fsp3) is 0.273. The van der Waals surface area contributed by atoms with Crippen LogP contribution < -0.4 is 15.4 Å². The summed E-state index contributed by atoms with van der Waals surface area (Å²) in [5, 5.41) is 6.35. The first-order valence-corrected chi connectivity index (χ1v) is 9.33. The van der Waals surface area contributed by atoms with E-state index >= 15 is 0 Å². The van der Waals surface area contributed by atoms with E-state index in [1.54, 1.807) is 6.20 Å². The summed E-state index contributed by atoms with van der Waals surface area (Å²) in [6.07, 6.45) is 2.66. The van der Waals surface area contributed by atoms with Gasteiger partial charge in [0.25, 0.3) is 0 Å². The van der Waals surface area contributed by atoms with Gasteiger partial charge in [-0.2, -0.15) is 0 Å². The van der Waals surface area contributed by atoms with Gasteiger partial charge in [-0.25, -0.2) is 9.97 Å². The Kier molecular flexibility index (Phi) is 6.77. The van der Waals surface area contributed by atoms with Gasteiger partial charge in [0, 0.05) is 24.7 Å². The summed E-state index contributed by atoms with van der Waals surface area (Å²) in [6.45, 7) is 3.70. The number of nitrogens with one attached hydrogen (secondary N) is 2. The van der Waals surface area contributed by atoms with E-state index in [9.17, 15) is 0 Å². The molecule has 5 nitrogen and oxygen atoms in total. The average molecular weight is 362 g/mol. The Labute approximate surface area is 160 Å². The molecule has 0 spiro atoms. The molecule has 3 rings (SSSR count). The zero-order valence-corrected chi connectivity index (χ0v) is 15.9. The summed E-state index contributed by atoms with van der Waals surface area (Å²) < 4.78 is 6.34. The summed E-state index contributed by atoms with van der Waals surface area (Å²) in [7, 11) is 1.96. The van der Waals surface area contributed by atoms with Crippen LogP contribution in [0, 0.1) is 0 Å².